The lowest BCUT2D eigenvalue weighted by Gasteiger charge is -2.14. The molecular weight excluding hydrogens is 492 g/mol. The molecular formula is C21H17ClN2O7S2. The summed E-state index contributed by atoms with van der Waals surface area (Å²) in [7, 11) is 1.24. The van der Waals surface area contributed by atoms with Gasteiger partial charge in [-0.15, -0.1) is 0 Å². The van der Waals surface area contributed by atoms with Crippen molar-refractivity contribution in [2.75, 3.05) is 25.2 Å². The predicted octanol–water partition coefficient (Wildman–Crippen LogP) is 4.60. The van der Waals surface area contributed by atoms with Crippen LogP contribution >= 0.6 is 35.6 Å². The van der Waals surface area contributed by atoms with Gasteiger partial charge in [0.1, 0.15) is 0 Å². The van der Waals surface area contributed by atoms with Crippen molar-refractivity contribution in [3.8, 4) is 11.5 Å². The Morgan fingerprint density at radius 3 is 2.73 bits per heavy atom. The molecule has 1 amide bonds. The van der Waals surface area contributed by atoms with Crippen LogP contribution in [0.4, 0.5) is 11.4 Å². The molecule has 1 fully saturated rings. The molecule has 0 bridgehead atoms. The number of halogens is 1. The Morgan fingerprint density at radius 2 is 2.06 bits per heavy atom. The molecule has 1 aliphatic heterocycles. The Hall–Kier alpha value is -3.15. The highest BCUT2D eigenvalue weighted by atomic mass is 35.5. The van der Waals surface area contributed by atoms with Crippen LogP contribution in [0, 0.1) is 10.1 Å². The molecule has 0 saturated carbocycles. The first-order valence-electron chi connectivity index (χ1n) is 9.43. The van der Waals surface area contributed by atoms with Gasteiger partial charge in [0.25, 0.3) is 11.6 Å². The predicted molar refractivity (Wildman–Crippen MR) is 129 cm³/mol. The molecule has 0 spiro atoms. The second-order valence-electron chi connectivity index (χ2n) is 6.42. The molecule has 0 aliphatic carbocycles. The largest absolute Gasteiger partial charge is 0.490 e. The van der Waals surface area contributed by atoms with E-state index in [9.17, 15) is 19.7 Å². The molecule has 1 saturated heterocycles. The van der Waals surface area contributed by atoms with Gasteiger partial charge in [-0.3, -0.25) is 19.8 Å². The second kappa shape index (κ2) is 10.6. The highest BCUT2D eigenvalue weighted by Crippen LogP contribution is 2.40. The van der Waals surface area contributed by atoms with E-state index in [4.69, 9.17) is 33.3 Å². The maximum Gasteiger partial charge on any atom is 0.343 e. The lowest BCUT2D eigenvalue weighted by molar-refractivity contribution is -0.384. The topological polar surface area (TPSA) is 108 Å². The van der Waals surface area contributed by atoms with Gasteiger partial charge >= 0.3 is 5.97 Å². The van der Waals surface area contributed by atoms with E-state index in [0.29, 0.717) is 22.8 Å². The summed E-state index contributed by atoms with van der Waals surface area (Å²) in [6.07, 6.45) is 1.58. The number of rotatable bonds is 8. The van der Waals surface area contributed by atoms with Crippen LogP contribution in [0.25, 0.3) is 6.08 Å². The highest BCUT2D eigenvalue weighted by Gasteiger charge is 2.34. The van der Waals surface area contributed by atoms with Gasteiger partial charge in [0.05, 0.1) is 34.3 Å². The van der Waals surface area contributed by atoms with E-state index in [0.717, 1.165) is 11.8 Å². The monoisotopic (exact) mass is 508 g/mol. The zero-order chi connectivity index (χ0) is 24.1. The number of nitro benzene ring substituents is 1. The highest BCUT2D eigenvalue weighted by molar-refractivity contribution is 8.27. The first kappa shape index (κ1) is 24.5. The summed E-state index contributed by atoms with van der Waals surface area (Å²) in [4.78, 5) is 36.5. The van der Waals surface area contributed by atoms with Gasteiger partial charge in [-0.1, -0.05) is 41.6 Å². The minimum atomic E-state index is -0.581. The summed E-state index contributed by atoms with van der Waals surface area (Å²) < 4.78 is 15.8. The van der Waals surface area contributed by atoms with Crippen molar-refractivity contribution in [2.45, 2.75) is 6.92 Å². The fourth-order valence-electron chi connectivity index (χ4n) is 2.85. The van der Waals surface area contributed by atoms with Gasteiger partial charge < -0.3 is 14.2 Å². The van der Waals surface area contributed by atoms with Gasteiger partial charge in [-0.2, -0.15) is 0 Å². The summed E-state index contributed by atoms with van der Waals surface area (Å²) in [5.74, 6) is -0.549. The van der Waals surface area contributed by atoms with Crippen LogP contribution in [0.15, 0.2) is 41.3 Å². The van der Waals surface area contributed by atoms with E-state index in [-0.39, 0.29) is 33.1 Å². The number of nitrogens with zero attached hydrogens (tertiary/aromatic N) is 2. The minimum absolute atomic E-state index is 0.152. The molecule has 33 heavy (non-hydrogen) atoms. The van der Waals surface area contributed by atoms with Crippen LogP contribution in [0.3, 0.4) is 0 Å². The Bertz CT molecular complexity index is 1170. The van der Waals surface area contributed by atoms with Gasteiger partial charge in [-0.25, -0.2) is 4.79 Å². The molecule has 12 heteroatoms. The van der Waals surface area contributed by atoms with E-state index < -0.39 is 16.8 Å². The third-order valence-electron chi connectivity index (χ3n) is 4.28. The number of anilines is 1. The lowest BCUT2D eigenvalue weighted by Crippen LogP contribution is -2.27. The van der Waals surface area contributed by atoms with E-state index >= 15 is 0 Å². The molecule has 0 unspecified atom stereocenters. The quantitative estimate of drug-likeness (QED) is 0.166. The summed E-state index contributed by atoms with van der Waals surface area (Å²) in [5, 5.41) is 11.2. The van der Waals surface area contributed by atoms with Crippen molar-refractivity contribution >= 4 is 69.2 Å². The average Bonchev–Trinajstić information content (AvgIpc) is 3.05. The zero-order valence-corrected chi connectivity index (χ0v) is 19.8. The molecule has 0 atom stereocenters. The number of esters is 1. The maximum atomic E-state index is 13.0. The third kappa shape index (κ3) is 5.62. The number of nitro groups is 1. The number of thiocarbonyl (C=S) groups is 1. The number of carbonyl (C=O) groups is 2. The lowest BCUT2D eigenvalue weighted by atomic mass is 10.1. The molecule has 9 nitrogen and oxygen atoms in total. The van der Waals surface area contributed by atoms with Crippen LogP contribution in [-0.2, 0) is 14.3 Å². The Morgan fingerprint density at radius 1 is 1.30 bits per heavy atom. The summed E-state index contributed by atoms with van der Waals surface area (Å²) in [6.45, 7) is 1.73. The van der Waals surface area contributed by atoms with Crippen LogP contribution in [-0.4, -0.2) is 41.4 Å². The third-order valence-corrected chi connectivity index (χ3v) is 5.87. The number of hydrogen-bond donors (Lipinski definition) is 0. The van der Waals surface area contributed by atoms with Crippen LogP contribution < -0.4 is 14.4 Å². The molecule has 3 rings (SSSR count). The molecule has 2 aromatic rings. The number of methoxy groups -OCH3 is 1. The van der Waals surface area contributed by atoms with Crippen LogP contribution in [0.2, 0.25) is 5.02 Å². The Kier molecular flexibility index (Phi) is 7.90. The molecule has 2 aromatic carbocycles. The van der Waals surface area contributed by atoms with E-state index in [1.807, 2.05) is 0 Å². The van der Waals surface area contributed by atoms with Gasteiger partial charge in [0, 0.05) is 12.1 Å². The maximum absolute atomic E-state index is 13.0. The number of non-ortho nitro benzene ring substituents is 1. The molecule has 1 aliphatic rings. The SMILES string of the molecule is CCOc1cc(/C=C2/SC(=S)N(c3cccc([N+](=O)[O-])c3)C2=O)cc(Cl)c1OCC(=O)OC. The van der Waals surface area contributed by atoms with E-state index in [1.54, 1.807) is 31.2 Å². The number of thioether (sulfide) groups is 1. The molecule has 0 N–H and O–H groups in total. The number of ether oxygens (including phenoxy) is 3. The van der Waals surface area contributed by atoms with Crippen molar-refractivity contribution in [1.29, 1.82) is 0 Å². The zero-order valence-electron chi connectivity index (χ0n) is 17.4. The smallest absolute Gasteiger partial charge is 0.343 e. The first-order valence-corrected chi connectivity index (χ1v) is 11.0. The van der Waals surface area contributed by atoms with Crippen molar-refractivity contribution < 1.29 is 28.7 Å². The van der Waals surface area contributed by atoms with Crippen LogP contribution in [0.5, 0.6) is 11.5 Å². The number of hydrogen-bond acceptors (Lipinski definition) is 9. The Balaban J connectivity index is 1.92. The Labute approximate surface area is 203 Å². The van der Waals surface area contributed by atoms with Gasteiger partial charge in [0.15, 0.2) is 22.4 Å². The van der Waals surface area contributed by atoms with Crippen molar-refractivity contribution in [2.24, 2.45) is 0 Å². The summed E-state index contributed by atoms with van der Waals surface area (Å²) in [5.41, 5.74) is 0.685. The molecule has 0 aromatic heterocycles. The van der Waals surface area contributed by atoms with Crippen molar-refractivity contribution in [3.05, 3.63) is 62.0 Å². The fourth-order valence-corrected chi connectivity index (χ4v) is 4.42. The average molecular weight is 509 g/mol. The number of carbonyl (C=O) groups excluding carboxylic acids is 2. The standard InChI is InChI=1S/C21H17ClN2O7S2/c1-3-30-16-8-12(7-15(22)19(16)31-11-18(25)29-2)9-17-20(26)23(21(32)33-17)13-5-4-6-14(10-13)24(27)28/h4-10H,3,11H2,1-2H3/b17-9+. The fraction of sp³-hybridized carbons (Fsp3) is 0.190. The summed E-state index contributed by atoms with van der Waals surface area (Å²) >= 11 is 12.7. The van der Waals surface area contributed by atoms with Crippen LogP contribution in [0.1, 0.15) is 12.5 Å². The van der Waals surface area contributed by atoms with E-state index in [1.165, 1.54) is 30.2 Å². The summed E-state index contributed by atoms with van der Waals surface area (Å²) in [6, 6.07) is 8.83. The number of amides is 1. The minimum Gasteiger partial charge on any atom is -0.490 e. The van der Waals surface area contributed by atoms with Gasteiger partial charge in [0.2, 0.25) is 0 Å². The van der Waals surface area contributed by atoms with Gasteiger partial charge in [-0.05, 0) is 36.8 Å². The normalized spacial score (nSPS) is 14.5. The molecule has 172 valence electrons. The molecule has 1 heterocycles. The van der Waals surface area contributed by atoms with Crippen molar-refractivity contribution in [3.63, 3.8) is 0 Å². The number of benzene rings is 2. The van der Waals surface area contributed by atoms with Crippen molar-refractivity contribution in [1.82, 2.24) is 0 Å². The molecule has 0 radical (unpaired) electrons. The van der Waals surface area contributed by atoms with E-state index in [2.05, 4.69) is 4.74 Å². The second-order valence-corrected chi connectivity index (χ2v) is 8.50. The first-order chi connectivity index (χ1) is 15.7.